The topological polar surface area (TPSA) is 37.8 Å². The van der Waals surface area contributed by atoms with Crippen LogP contribution in [0.3, 0.4) is 0 Å². The fourth-order valence-electron chi connectivity index (χ4n) is 2.06. The summed E-state index contributed by atoms with van der Waals surface area (Å²) in [4.78, 5) is 8.93. The van der Waals surface area contributed by atoms with Crippen LogP contribution in [0, 0.1) is 6.92 Å². The summed E-state index contributed by atoms with van der Waals surface area (Å²) in [5.41, 5.74) is 4.48. The van der Waals surface area contributed by atoms with Crippen LogP contribution in [0.5, 0.6) is 0 Å². The highest BCUT2D eigenvalue weighted by molar-refractivity contribution is 7.14. The smallest absolute Gasteiger partial charge is 0.183 e. The van der Waals surface area contributed by atoms with E-state index >= 15 is 0 Å². The largest absolute Gasteiger partial charge is 0.361 e. The quantitative estimate of drug-likeness (QED) is 0.767. The molecule has 106 valence electrons. The second-order valence-corrected chi connectivity index (χ2v) is 5.75. The molecule has 0 aliphatic heterocycles. The van der Waals surface area contributed by atoms with Crippen molar-refractivity contribution in [2.24, 2.45) is 0 Å². The standard InChI is InChI=1S/C17H17N3S/c1-13-7-8-14(11-19-13)9-10-18-17-20-16(12-21-17)15-5-3-2-4-6-15/h2-8,11-12H,9-10H2,1H3,(H,18,20). The highest BCUT2D eigenvalue weighted by atomic mass is 32.1. The van der Waals surface area contributed by atoms with Gasteiger partial charge in [0.05, 0.1) is 5.69 Å². The van der Waals surface area contributed by atoms with Crippen molar-refractivity contribution < 1.29 is 0 Å². The summed E-state index contributed by atoms with van der Waals surface area (Å²) in [7, 11) is 0. The molecule has 0 saturated carbocycles. The van der Waals surface area contributed by atoms with Crippen LogP contribution in [0.25, 0.3) is 11.3 Å². The van der Waals surface area contributed by atoms with Crippen LogP contribution in [-0.4, -0.2) is 16.5 Å². The minimum Gasteiger partial charge on any atom is -0.361 e. The molecular weight excluding hydrogens is 278 g/mol. The van der Waals surface area contributed by atoms with E-state index in [2.05, 4.69) is 38.9 Å². The lowest BCUT2D eigenvalue weighted by atomic mass is 10.2. The summed E-state index contributed by atoms with van der Waals surface area (Å²) in [6.45, 7) is 2.87. The van der Waals surface area contributed by atoms with Crippen molar-refractivity contribution in [1.29, 1.82) is 0 Å². The van der Waals surface area contributed by atoms with Gasteiger partial charge in [0.25, 0.3) is 0 Å². The number of nitrogens with zero attached hydrogens (tertiary/aromatic N) is 2. The van der Waals surface area contributed by atoms with E-state index in [1.165, 1.54) is 5.56 Å². The van der Waals surface area contributed by atoms with Gasteiger partial charge in [-0.15, -0.1) is 11.3 Å². The molecule has 1 N–H and O–H groups in total. The van der Waals surface area contributed by atoms with Crippen LogP contribution in [-0.2, 0) is 6.42 Å². The van der Waals surface area contributed by atoms with Gasteiger partial charge in [0.15, 0.2) is 5.13 Å². The molecule has 4 heteroatoms. The second kappa shape index (κ2) is 6.50. The van der Waals surface area contributed by atoms with E-state index in [4.69, 9.17) is 0 Å². The lowest BCUT2D eigenvalue weighted by molar-refractivity contribution is 0.994. The molecule has 0 saturated heterocycles. The van der Waals surface area contributed by atoms with E-state index in [1.54, 1.807) is 11.3 Å². The van der Waals surface area contributed by atoms with E-state index in [0.29, 0.717) is 0 Å². The fourth-order valence-corrected chi connectivity index (χ4v) is 2.81. The summed E-state index contributed by atoms with van der Waals surface area (Å²) in [5, 5.41) is 6.43. The molecule has 0 radical (unpaired) electrons. The van der Waals surface area contributed by atoms with Crippen molar-refractivity contribution in [3.8, 4) is 11.3 Å². The number of hydrogen-bond acceptors (Lipinski definition) is 4. The molecule has 0 aliphatic carbocycles. The summed E-state index contributed by atoms with van der Waals surface area (Å²) in [6, 6.07) is 14.4. The molecule has 0 fully saturated rings. The van der Waals surface area contributed by atoms with Gasteiger partial charge >= 0.3 is 0 Å². The zero-order valence-electron chi connectivity index (χ0n) is 11.9. The van der Waals surface area contributed by atoms with Gasteiger partial charge in [0.2, 0.25) is 0 Å². The van der Waals surface area contributed by atoms with Crippen molar-refractivity contribution in [2.75, 3.05) is 11.9 Å². The zero-order valence-corrected chi connectivity index (χ0v) is 12.7. The van der Waals surface area contributed by atoms with Crippen LogP contribution in [0.2, 0.25) is 0 Å². The maximum absolute atomic E-state index is 4.62. The molecular formula is C17H17N3S. The van der Waals surface area contributed by atoms with Gasteiger partial charge in [-0.05, 0) is 25.0 Å². The monoisotopic (exact) mass is 295 g/mol. The van der Waals surface area contributed by atoms with Crippen molar-refractivity contribution in [1.82, 2.24) is 9.97 Å². The van der Waals surface area contributed by atoms with Gasteiger partial charge < -0.3 is 5.32 Å². The molecule has 2 heterocycles. The average molecular weight is 295 g/mol. The normalized spacial score (nSPS) is 10.5. The first-order valence-electron chi connectivity index (χ1n) is 6.97. The average Bonchev–Trinajstić information content (AvgIpc) is 2.99. The maximum atomic E-state index is 4.62. The van der Waals surface area contributed by atoms with Gasteiger partial charge in [-0.1, -0.05) is 36.4 Å². The molecule has 0 bridgehead atoms. The number of anilines is 1. The van der Waals surface area contributed by atoms with E-state index in [0.717, 1.165) is 35.0 Å². The Balaban J connectivity index is 1.57. The van der Waals surface area contributed by atoms with Gasteiger partial charge in [-0.3, -0.25) is 4.98 Å². The second-order valence-electron chi connectivity index (χ2n) is 4.89. The number of benzene rings is 1. The van der Waals surface area contributed by atoms with Crippen LogP contribution in [0.4, 0.5) is 5.13 Å². The van der Waals surface area contributed by atoms with Crippen LogP contribution in [0.1, 0.15) is 11.3 Å². The number of aryl methyl sites for hydroxylation is 1. The van der Waals surface area contributed by atoms with Crippen molar-refractivity contribution >= 4 is 16.5 Å². The van der Waals surface area contributed by atoms with E-state index in [-0.39, 0.29) is 0 Å². The number of hydrogen-bond donors (Lipinski definition) is 1. The number of nitrogens with one attached hydrogen (secondary N) is 1. The fraction of sp³-hybridized carbons (Fsp3) is 0.176. The Kier molecular flexibility index (Phi) is 4.26. The van der Waals surface area contributed by atoms with E-state index in [1.807, 2.05) is 37.4 Å². The molecule has 3 nitrogen and oxygen atoms in total. The Labute approximate surface area is 128 Å². The Morgan fingerprint density at radius 3 is 2.71 bits per heavy atom. The van der Waals surface area contributed by atoms with Crippen LogP contribution < -0.4 is 5.32 Å². The molecule has 3 rings (SSSR count). The van der Waals surface area contributed by atoms with Gasteiger partial charge in [0, 0.05) is 29.4 Å². The Hall–Kier alpha value is -2.20. The Bertz CT molecular complexity index is 690. The van der Waals surface area contributed by atoms with Gasteiger partial charge in [-0.2, -0.15) is 0 Å². The van der Waals surface area contributed by atoms with Crippen molar-refractivity contribution in [3.63, 3.8) is 0 Å². The highest BCUT2D eigenvalue weighted by Gasteiger charge is 2.03. The van der Waals surface area contributed by atoms with Crippen molar-refractivity contribution in [3.05, 3.63) is 65.3 Å². The molecule has 0 amide bonds. The van der Waals surface area contributed by atoms with Crippen LogP contribution in [0.15, 0.2) is 54.0 Å². The predicted octanol–water partition coefficient (Wildman–Crippen LogP) is 4.17. The number of thiazole rings is 1. The molecule has 0 unspecified atom stereocenters. The third kappa shape index (κ3) is 3.67. The first kappa shape index (κ1) is 13.8. The zero-order chi connectivity index (χ0) is 14.5. The van der Waals surface area contributed by atoms with Crippen molar-refractivity contribution in [2.45, 2.75) is 13.3 Å². The van der Waals surface area contributed by atoms with Gasteiger partial charge in [-0.25, -0.2) is 4.98 Å². The first-order chi connectivity index (χ1) is 10.3. The summed E-state index contributed by atoms with van der Waals surface area (Å²) in [5.74, 6) is 0. The first-order valence-corrected chi connectivity index (χ1v) is 7.85. The molecule has 0 atom stereocenters. The van der Waals surface area contributed by atoms with Gasteiger partial charge in [0.1, 0.15) is 0 Å². The highest BCUT2D eigenvalue weighted by Crippen LogP contribution is 2.24. The summed E-state index contributed by atoms with van der Waals surface area (Å²) >= 11 is 1.64. The lowest BCUT2D eigenvalue weighted by Crippen LogP contribution is -2.04. The number of rotatable bonds is 5. The lowest BCUT2D eigenvalue weighted by Gasteiger charge is -2.03. The Morgan fingerprint density at radius 2 is 1.95 bits per heavy atom. The maximum Gasteiger partial charge on any atom is 0.183 e. The molecule has 1 aromatic carbocycles. The SMILES string of the molecule is Cc1ccc(CCNc2nc(-c3ccccc3)cs2)cn1. The molecule has 0 aliphatic rings. The van der Waals surface area contributed by atoms with Crippen LogP contribution >= 0.6 is 11.3 Å². The third-order valence-corrected chi connectivity index (χ3v) is 4.04. The number of pyridine rings is 1. The minimum absolute atomic E-state index is 0.868. The molecule has 21 heavy (non-hydrogen) atoms. The summed E-state index contributed by atoms with van der Waals surface area (Å²) < 4.78 is 0. The van der Waals surface area contributed by atoms with E-state index in [9.17, 15) is 0 Å². The molecule has 0 spiro atoms. The minimum atomic E-state index is 0.868. The Morgan fingerprint density at radius 1 is 1.10 bits per heavy atom. The predicted molar refractivity (Wildman–Crippen MR) is 88.7 cm³/mol. The summed E-state index contributed by atoms with van der Waals surface area (Å²) in [6.07, 6.45) is 2.89. The van der Waals surface area contributed by atoms with E-state index < -0.39 is 0 Å². The molecule has 3 aromatic rings. The third-order valence-electron chi connectivity index (χ3n) is 3.24. The number of aromatic nitrogens is 2. The molecule has 2 aromatic heterocycles.